The normalized spacial score (nSPS) is 11.0. The number of H-pyrrole nitrogens is 1. The van der Waals surface area contributed by atoms with Crippen LogP contribution in [0.1, 0.15) is 5.56 Å². The van der Waals surface area contributed by atoms with E-state index >= 15 is 0 Å². The SMILES string of the molecule is COc1ccc(OC)c(CSc2nnc(-c3c[nH]c4ccccc34)o2)c1. The molecule has 0 aliphatic heterocycles. The number of aromatic amines is 1. The Morgan fingerprint density at radius 1 is 1.08 bits per heavy atom. The highest BCUT2D eigenvalue weighted by molar-refractivity contribution is 7.98. The van der Waals surface area contributed by atoms with E-state index in [9.17, 15) is 0 Å². The van der Waals surface area contributed by atoms with Crippen LogP contribution < -0.4 is 9.47 Å². The number of thioether (sulfide) groups is 1. The molecule has 2 aromatic heterocycles. The molecule has 0 atom stereocenters. The highest BCUT2D eigenvalue weighted by Gasteiger charge is 2.14. The second-order valence-corrected chi connectivity index (χ2v) is 6.51. The van der Waals surface area contributed by atoms with Crippen molar-refractivity contribution in [1.29, 1.82) is 0 Å². The van der Waals surface area contributed by atoms with Crippen LogP contribution in [0.3, 0.4) is 0 Å². The van der Waals surface area contributed by atoms with Crippen LogP contribution in [0.2, 0.25) is 0 Å². The van der Waals surface area contributed by atoms with Crippen LogP contribution in [0.4, 0.5) is 0 Å². The molecule has 0 spiro atoms. The van der Waals surface area contributed by atoms with E-state index in [4.69, 9.17) is 13.9 Å². The number of fused-ring (bicyclic) bond motifs is 1. The molecule has 0 aliphatic rings. The molecule has 0 saturated heterocycles. The number of para-hydroxylation sites is 1. The van der Waals surface area contributed by atoms with Gasteiger partial charge in [0.15, 0.2) is 0 Å². The molecule has 26 heavy (non-hydrogen) atoms. The van der Waals surface area contributed by atoms with Gasteiger partial charge in [0.25, 0.3) is 11.1 Å². The number of methoxy groups -OCH3 is 2. The molecule has 0 bridgehead atoms. The van der Waals surface area contributed by atoms with E-state index in [0.717, 1.165) is 33.5 Å². The van der Waals surface area contributed by atoms with E-state index in [1.54, 1.807) is 14.2 Å². The molecule has 0 fully saturated rings. The van der Waals surface area contributed by atoms with Crippen molar-refractivity contribution >= 4 is 22.7 Å². The monoisotopic (exact) mass is 367 g/mol. The molecular formula is C19H17N3O3S. The first-order valence-corrected chi connectivity index (χ1v) is 9.00. The van der Waals surface area contributed by atoms with Crippen LogP contribution in [-0.2, 0) is 5.75 Å². The van der Waals surface area contributed by atoms with Crippen molar-refractivity contribution < 1.29 is 13.9 Å². The lowest BCUT2D eigenvalue weighted by Gasteiger charge is -2.09. The lowest BCUT2D eigenvalue weighted by molar-refractivity contribution is 0.400. The van der Waals surface area contributed by atoms with Gasteiger partial charge in [-0.1, -0.05) is 30.0 Å². The van der Waals surface area contributed by atoms with Crippen LogP contribution in [0.25, 0.3) is 22.4 Å². The lowest BCUT2D eigenvalue weighted by Crippen LogP contribution is -1.92. The highest BCUT2D eigenvalue weighted by atomic mass is 32.2. The van der Waals surface area contributed by atoms with E-state index in [1.807, 2.05) is 48.7 Å². The van der Waals surface area contributed by atoms with Crippen molar-refractivity contribution in [2.24, 2.45) is 0 Å². The fourth-order valence-corrected chi connectivity index (χ4v) is 3.50. The van der Waals surface area contributed by atoms with Crippen LogP contribution in [-0.4, -0.2) is 29.4 Å². The van der Waals surface area contributed by atoms with E-state index in [1.165, 1.54) is 11.8 Å². The third-order valence-corrected chi connectivity index (χ3v) is 4.93. The molecule has 0 unspecified atom stereocenters. The summed E-state index contributed by atoms with van der Waals surface area (Å²) < 4.78 is 16.5. The van der Waals surface area contributed by atoms with E-state index < -0.39 is 0 Å². The Balaban J connectivity index is 1.54. The molecule has 0 radical (unpaired) electrons. The Labute approximate surface area is 154 Å². The molecule has 132 valence electrons. The summed E-state index contributed by atoms with van der Waals surface area (Å²) in [6, 6.07) is 13.7. The number of rotatable bonds is 6. The third-order valence-electron chi connectivity index (χ3n) is 4.06. The zero-order valence-electron chi connectivity index (χ0n) is 14.4. The lowest BCUT2D eigenvalue weighted by atomic mass is 10.2. The van der Waals surface area contributed by atoms with Crippen molar-refractivity contribution in [1.82, 2.24) is 15.2 Å². The van der Waals surface area contributed by atoms with Gasteiger partial charge in [0, 0.05) is 28.4 Å². The van der Waals surface area contributed by atoms with Crippen LogP contribution in [0.5, 0.6) is 11.5 Å². The largest absolute Gasteiger partial charge is 0.497 e. The fraction of sp³-hybridized carbons (Fsp3) is 0.158. The minimum atomic E-state index is 0.502. The highest BCUT2D eigenvalue weighted by Crippen LogP contribution is 2.33. The topological polar surface area (TPSA) is 73.2 Å². The predicted molar refractivity (Wildman–Crippen MR) is 101 cm³/mol. The number of aromatic nitrogens is 3. The molecule has 0 saturated carbocycles. The summed E-state index contributed by atoms with van der Waals surface area (Å²) in [5, 5.41) is 9.90. The summed E-state index contributed by atoms with van der Waals surface area (Å²) in [5.74, 6) is 2.72. The molecule has 6 nitrogen and oxygen atoms in total. The molecule has 4 aromatic rings. The van der Waals surface area contributed by atoms with Gasteiger partial charge in [-0.25, -0.2) is 0 Å². The summed E-state index contributed by atoms with van der Waals surface area (Å²) in [4.78, 5) is 3.22. The zero-order valence-corrected chi connectivity index (χ0v) is 15.2. The van der Waals surface area contributed by atoms with Crippen LogP contribution in [0, 0.1) is 0 Å². The summed E-state index contributed by atoms with van der Waals surface area (Å²) >= 11 is 1.46. The third kappa shape index (κ3) is 3.13. The number of benzene rings is 2. The van der Waals surface area contributed by atoms with Gasteiger partial charge in [-0.05, 0) is 24.3 Å². The Bertz CT molecular complexity index is 1040. The Hall–Kier alpha value is -2.93. The van der Waals surface area contributed by atoms with Gasteiger partial charge in [0.1, 0.15) is 11.5 Å². The molecule has 4 rings (SSSR count). The van der Waals surface area contributed by atoms with E-state index in [2.05, 4.69) is 15.2 Å². The molecule has 0 amide bonds. The van der Waals surface area contributed by atoms with Crippen molar-refractivity contribution in [2.75, 3.05) is 14.2 Å². The fourth-order valence-electron chi connectivity index (χ4n) is 2.76. The van der Waals surface area contributed by atoms with Crippen LogP contribution in [0.15, 0.2) is 58.3 Å². The van der Waals surface area contributed by atoms with Crippen molar-refractivity contribution in [3.63, 3.8) is 0 Å². The van der Waals surface area contributed by atoms with Crippen molar-refractivity contribution in [3.8, 4) is 23.0 Å². The Kier molecular flexibility index (Phi) is 4.53. The molecular weight excluding hydrogens is 350 g/mol. The number of hydrogen-bond acceptors (Lipinski definition) is 6. The first-order chi connectivity index (χ1) is 12.8. The molecule has 2 aromatic carbocycles. The maximum atomic E-state index is 5.84. The number of ether oxygens (including phenoxy) is 2. The minimum Gasteiger partial charge on any atom is -0.497 e. The van der Waals surface area contributed by atoms with Gasteiger partial charge in [0.05, 0.1) is 19.8 Å². The summed E-state index contributed by atoms with van der Waals surface area (Å²) in [5.41, 5.74) is 2.94. The number of nitrogens with zero attached hydrogens (tertiary/aromatic N) is 2. The van der Waals surface area contributed by atoms with Crippen molar-refractivity contribution in [3.05, 3.63) is 54.2 Å². The smallest absolute Gasteiger partial charge is 0.277 e. The van der Waals surface area contributed by atoms with Crippen molar-refractivity contribution in [2.45, 2.75) is 11.0 Å². The average Bonchev–Trinajstić information content (AvgIpc) is 3.32. The van der Waals surface area contributed by atoms with Gasteiger partial charge < -0.3 is 18.9 Å². The Morgan fingerprint density at radius 2 is 1.96 bits per heavy atom. The standard InChI is InChI=1S/C19H17N3O3S/c1-23-13-7-8-17(24-2)12(9-13)11-26-19-22-21-18(25-19)15-10-20-16-6-4-3-5-14(15)16/h3-10,20H,11H2,1-2H3. The molecule has 2 heterocycles. The predicted octanol–water partition coefficient (Wildman–Crippen LogP) is 4.53. The van der Waals surface area contributed by atoms with Gasteiger partial charge in [-0.3, -0.25) is 0 Å². The van der Waals surface area contributed by atoms with E-state index in [0.29, 0.717) is 16.9 Å². The summed E-state index contributed by atoms with van der Waals surface area (Å²) in [6.07, 6.45) is 1.89. The zero-order chi connectivity index (χ0) is 17.9. The Morgan fingerprint density at radius 3 is 2.81 bits per heavy atom. The average molecular weight is 367 g/mol. The van der Waals surface area contributed by atoms with E-state index in [-0.39, 0.29) is 0 Å². The second kappa shape index (κ2) is 7.13. The minimum absolute atomic E-state index is 0.502. The second-order valence-electron chi connectivity index (χ2n) is 5.59. The quantitative estimate of drug-likeness (QED) is 0.505. The maximum absolute atomic E-state index is 5.84. The number of hydrogen-bond donors (Lipinski definition) is 1. The van der Waals surface area contributed by atoms with Gasteiger partial charge in [-0.15, -0.1) is 10.2 Å². The first kappa shape index (κ1) is 16.5. The number of nitrogens with one attached hydrogen (secondary N) is 1. The van der Waals surface area contributed by atoms with Gasteiger partial charge in [0.2, 0.25) is 0 Å². The molecule has 1 N–H and O–H groups in total. The maximum Gasteiger partial charge on any atom is 0.277 e. The van der Waals surface area contributed by atoms with Gasteiger partial charge >= 0.3 is 0 Å². The first-order valence-electron chi connectivity index (χ1n) is 8.02. The van der Waals surface area contributed by atoms with Gasteiger partial charge in [-0.2, -0.15) is 0 Å². The summed E-state index contributed by atoms with van der Waals surface area (Å²) in [6.45, 7) is 0. The van der Waals surface area contributed by atoms with Crippen LogP contribution >= 0.6 is 11.8 Å². The molecule has 7 heteroatoms. The summed E-state index contributed by atoms with van der Waals surface area (Å²) in [7, 11) is 3.29. The molecule has 0 aliphatic carbocycles.